The number of nitrogens with one attached hydrogen (secondary N) is 1. The standard InChI is InChI=1S/C19H17Cl2N3OS/c1-12-15(21)4-3-5-16(12)23-18(25)11-26-19-22-10-17(24(19)2)13-6-8-14(20)9-7-13/h3-10H,11H2,1-2H3,(H,23,25). The summed E-state index contributed by atoms with van der Waals surface area (Å²) in [5, 5.41) is 4.99. The molecule has 3 aromatic rings. The molecule has 0 bridgehead atoms. The number of carbonyl (C=O) groups is 1. The minimum atomic E-state index is -0.101. The topological polar surface area (TPSA) is 46.9 Å². The molecule has 0 aliphatic rings. The van der Waals surface area contributed by atoms with E-state index in [1.165, 1.54) is 11.8 Å². The Morgan fingerprint density at radius 1 is 1.19 bits per heavy atom. The molecule has 2 aromatic carbocycles. The number of hydrogen-bond acceptors (Lipinski definition) is 3. The van der Waals surface area contributed by atoms with E-state index in [2.05, 4.69) is 10.3 Å². The van der Waals surface area contributed by atoms with Gasteiger partial charge in [-0.15, -0.1) is 0 Å². The summed E-state index contributed by atoms with van der Waals surface area (Å²) in [4.78, 5) is 16.7. The predicted octanol–water partition coefficient (Wildman–Crippen LogP) is 5.43. The average molecular weight is 406 g/mol. The largest absolute Gasteiger partial charge is 0.325 e. The number of imidazole rings is 1. The van der Waals surface area contributed by atoms with Crippen molar-refractivity contribution in [1.29, 1.82) is 0 Å². The van der Waals surface area contributed by atoms with Gasteiger partial charge in [0.05, 0.1) is 17.6 Å². The first-order valence-electron chi connectivity index (χ1n) is 7.91. The number of amides is 1. The number of aromatic nitrogens is 2. The maximum absolute atomic E-state index is 12.2. The third-order valence-electron chi connectivity index (χ3n) is 3.96. The van der Waals surface area contributed by atoms with Crippen LogP contribution in [0.15, 0.2) is 53.8 Å². The molecule has 1 aromatic heterocycles. The van der Waals surface area contributed by atoms with Crippen molar-refractivity contribution in [1.82, 2.24) is 9.55 Å². The maximum Gasteiger partial charge on any atom is 0.234 e. The summed E-state index contributed by atoms with van der Waals surface area (Å²) < 4.78 is 1.96. The van der Waals surface area contributed by atoms with Crippen molar-refractivity contribution < 1.29 is 4.79 Å². The zero-order chi connectivity index (χ0) is 18.7. The van der Waals surface area contributed by atoms with Gasteiger partial charge in [-0.25, -0.2) is 4.98 Å². The Balaban J connectivity index is 1.66. The number of anilines is 1. The number of carbonyl (C=O) groups excluding carboxylic acids is 1. The molecular formula is C19H17Cl2N3OS. The Labute approximate surface area is 166 Å². The Morgan fingerprint density at radius 3 is 2.65 bits per heavy atom. The predicted molar refractivity (Wildman–Crippen MR) is 109 cm³/mol. The van der Waals surface area contributed by atoms with Crippen LogP contribution in [0.25, 0.3) is 11.3 Å². The number of halogens is 2. The third-order valence-corrected chi connectivity index (χ3v) is 5.67. The molecule has 7 heteroatoms. The molecule has 1 heterocycles. The van der Waals surface area contributed by atoms with Crippen molar-refractivity contribution in [3.05, 3.63) is 64.3 Å². The number of hydrogen-bond donors (Lipinski definition) is 1. The highest BCUT2D eigenvalue weighted by molar-refractivity contribution is 7.99. The van der Waals surface area contributed by atoms with Gasteiger partial charge in [0.15, 0.2) is 5.16 Å². The van der Waals surface area contributed by atoms with Crippen LogP contribution in [0.2, 0.25) is 10.0 Å². The maximum atomic E-state index is 12.2. The number of rotatable bonds is 5. The van der Waals surface area contributed by atoms with Crippen LogP contribution in [-0.2, 0) is 11.8 Å². The zero-order valence-corrected chi connectivity index (χ0v) is 16.6. The Morgan fingerprint density at radius 2 is 1.92 bits per heavy atom. The SMILES string of the molecule is Cc1c(Cl)cccc1NC(=O)CSc1ncc(-c2ccc(Cl)cc2)n1C. The van der Waals surface area contributed by atoms with Crippen LogP contribution < -0.4 is 5.32 Å². The lowest BCUT2D eigenvalue weighted by molar-refractivity contribution is -0.113. The summed E-state index contributed by atoms with van der Waals surface area (Å²) in [5.41, 5.74) is 3.57. The summed E-state index contributed by atoms with van der Waals surface area (Å²) in [6.45, 7) is 1.88. The molecule has 0 saturated heterocycles. The normalized spacial score (nSPS) is 10.8. The summed E-state index contributed by atoms with van der Waals surface area (Å²) in [7, 11) is 1.93. The van der Waals surface area contributed by atoms with E-state index in [0.717, 1.165) is 27.7 Å². The molecule has 4 nitrogen and oxygen atoms in total. The quantitative estimate of drug-likeness (QED) is 0.575. The van der Waals surface area contributed by atoms with Crippen LogP contribution in [0.4, 0.5) is 5.69 Å². The molecule has 1 amide bonds. The fourth-order valence-electron chi connectivity index (χ4n) is 2.47. The van der Waals surface area contributed by atoms with Crippen LogP contribution >= 0.6 is 35.0 Å². The molecule has 0 fully saturated rings. The van der Waals surface area contributed by atoms with E-state index in [1.54, 1.807) is 12.3 Å². The van der Waals surface area contributed by atoms with Crippen molar-refractivity contribution in [2.45, 2.75) is 12.1 Å². The summed E-state index contributed by atoms with van der Waals surface area (Å²) in [5.74, 6) is 0.160. The molecule has 26 heavy (non-hydrogen) atoms. The van der Waals surface area contributed by atoms with E-state index < -0.39 is 0 Å². The van der Waals surface area contributed by atoms with E-state index in [1.807, 2.05) is 54.9 Å². The Hall–Kier alpha value is -1.95. The first kappa shape index (κ1) is 18.8. The first-order chi connectivity index (χ1) is 12.5. The van der Waals surface area contributed by atoms with Crippen molar-refractivity contribution in [3.63, 3.8) is 0 Å². The van der Waals surface area contributed by atoms with Crippen molar-refractivity contribution >= 4 is 46.6 Å². The average Bonchev–Trinajstić information content (AvgIpc) is 2.99. The van der Waals surface area contributed by atoms with Gasteiger partial charge >= 0.3 is 0 Å². The fourth-order valence-corrected chi connectivity index (χ4v) is 3.53. The molecule has 0 spiro atoms. The van der Waals surface area contributed by atoms with Crippen LogP contribution in [0.5, 0.6) is 0 Å². The first-order valence-corrected chi connectivity index (χ1v) is 9.65. The second kappa shape index (κ2) is 8.16. The van der Waals surface area contributed by atoms with Gasteiger partial charge in [-0.3, -0.25) is 4.79 Å². The monoisotopic (exact) mass is 405 g/mol. The van der Waals surface area contributed by atoms with Gasteiger partial charge in [0.2, 0.25) is 5.91 Å². The highest BCUT2D eigenvalue weighted by Gasteiger charge is 2.12. The van der Waals surface area contributed by atoms with Crippen LogP contribution in [0.1, 0.15) is 5.56 Å². The minimum absolute atomic E-state index is 0.101. The molecule has 134 valence electrons. The third kappa shape index (κ3) is 4.23. The van der Waals surface area contributed by atoms with Crippen LogP contribution in [0, 0.1) is 6.92 Å². The van der Waals surface area contributed by atoms with E-state index in [4.69, 9.17) is 23.2 Å². The molecular weight excluding hydrogens is 389 g/mol. The molecule has 1 N–H and O–H groups in total. The molecule has 0 saturated carbocycles. The zero-order valence-electron chi connectivity index (χ0n) is 14.3. The van der Waals surface area contributed by atoms with Gasteiger partial charge in [-0.05, 0) is 42.3 Å². The molecule has 0 aliphatic heterocycles. The van der Waals surface area contributed by atoms with Gasteiger partial charge in [0.1, 0.15) is 0 Å². The van der Waals surface area contributed by atoms with Crippen LogP contribution in [0.3, 0.4) is 0 Å². The van der Waals surface area contributed by atoms with Gasteiger partial charge in [0, 0.05) is 22.8 Å². The molecule has 0 aliphatic carbocycles. The van der Waals surface area contributed by atoms with Crippen molar-refractivity contribution in [2.75, 3.05) is 11.1 Å². The van der Waals surface area contributed by atoms with Crippen molar-refractivity contribution in [3.8, 4) is 11.3 Å². The lowest BCUT2D eigenvalue weighted by atomic mass is 10.2. The van der Waals surface area contributed by atoms with Gasteiger partial charge in [0.25, 0.3) is 0 Å². The Kier molecular flexibility index (Phi) is 5.91. The fraction of sp³-hybridized carbons (Fsp3) is 0.158. The molecule has 0 atom stereocenters. The van der Waals surface area contributed by atoms with E-state index in [0.29, 0.717) is 10.0 Å². The van der Waals surface area contributed by atoms with Gasteiger partial charge in [-0.2, -0.15) is 0 Å². The van der Waals surface area contributed by atoms with Crippen LogP contribution in [-0.4, -0.2) is 21.2 Å². The lowest BCUT2D eigenvalue weighted by Gasteiger charge is -2.09. The summed E-state index contributed by atoms with van der Waals surface area (Å²) in [6.07, 6.45) is 1.80. The lowest BCUT2D eigenvalue weighted by Crippen LogP contribution is -2.15. The smallest absolute Gasteiger partial charge is 0.234 e. The summed E-state index contributed by atoms with van der Waals surface area (Å²) >= 11 is 13.4. The number of thioether (sulfide) groups is 1. The highest BCUT2D eigenvalue weighted by Crippen LogP contribution is 2.27. The minimum Gasteiger partial charge on any atom is -0.325 e. The molecule has 0 unspecified atom stereocenters. The molecule has 3 rings (SSSR count). The summed E-state index contributed by atoms with van der Waals surface area (Å²) in [6, 6.07) is 13.0. The second-order valence-corrected chi connectivity index (χ2v) is 7.53. The van der Waals surface area contributed by atoms with E-state index >= 15 is 0 Å². The second-order valence-electron chi connectivity index (χ2n) is 5.74. The number of nitrogens with zero attached hydrogens (tertiary/aromatic N) is 2. The Bertz CT molecular complexity index is 938. The van der Waals surface area contributed by atoms with Gasteiger partial charge in [-0.1, -0.05) is 53.2 Å². The number of benzene rings is 2. The molecule has 0 radical (unpaired) electrons. The van der Waals surface area contributed by atoms with Crippen molar-refractivity contribution in [2.24, 2.45) is 7.05 Å². The highest BCUT2D eigenvalue weighted by atomic mass is 35.5. The van der Waals surface area contributed by atoms with Gasteiger partial charge < -0.3 is 9.88 Å². The van der Waals surface area contributed by atoms with E-state index in [-0.39, 0.29) is 11.7 Å². The van der Waals surface area contributed by atoms with E-state index in [9.17, 15) is 4.79 Å².